The molecule has 0 bridgehead atoms. The van der Waals surface area contributed by atoms with Crippen LogP contribution in [0.25, 0.3) is 0 Å². The summed E-state index contributed by atoms with van der Waals surface area (Å²) in [7, 11) is -6.22. The Kier molecular flexibility index (Phi) is 8.17. The zero-order chi connectivity index (χ0) is 26.7. The number of nitrogens with zero attached hydrogens (tertiary/aromatic N) is 1. The molecule has 12 heteroatoms. The molecule has 0 aliphatic rings. The van der Waals surface area contributed by atoms with E-state index in [0.717, 1.165) is 10.6 Å². The van der Waals surface area contributed by atoms with Gasteiger partial charge >= 0.3 is 0 Å². The molecule has 192 valence electrons. The summed E-state index contributed by atoms with van der Waals surface area (Å²) in [5.74, 6) is -0.0566. The lowest BCUT2D eigenvalue weighted by Gasteiger charge is -2.28. The van der Waals surface area contributed by atoms with E-state index in [1.807, 2.05) is 0 Å². The fraction of sp³-hybridized carbons (Fsp3) is 0.208. The molecule has 0 saturated carbocycles. The second-order valence-corrected chi connectivity index (χ2v) is 11.9. The summed E-state index contributed by atoms with van der Waals surface area (Å²) in [5.41, 5.74) is 1.54. The van der Waals surface area contributed by atoms with Gasteiger partial charge in [-0.1, -0.05) is 17.7 Å². The molecule has 0 unspecified atom stereocenters. The van der Waals surface area contributed by atoms with Crippen molar-refractivity contribution in [2.24, 2.45) is 0 Å². The highest BCUT2D eigenvalue weighted by Gasteiger charge is 2.29. The minimum Gasteiger partial charge on any atom is -0.497 e. The van der Waals surface area contributed by atoms with E-state index in [2.05, 4.69) is 10.0 Å². The second-order valence-electron chi connectivity index (χ2n) is 7.96. The zero-order valence-electron chi connectivity index (χ0n) is 20.0. The molecule has 1 amide bonds. The molecule has 1 atom stereocenters. The van der Waals surface area contributed by atoms with Crippen LogP contribution < -0.4 is 19.1 Å². The molecular weight excluding hydrogens is 526 g/mol. The predicted octanol–water partition coefficient (Wildman–Crippen LogP) is 4.25. The molecule has 0 radical (unpaired) electrons. The largest absolute Gasteiger partial charge is 0.497 e. The van der Waals surface area contributed by atoms with Gasteiger partial charge in [-0.15, -0.1) is 0 Å². The molecule has 0 saturated heterocycles. The summed E-state index contributed by atoms with van der Waals surface area (Å²) in [4.78, 5) is 12.9. The average Bonchev–Trinajstić information content (AvgIpc) is 2.82. The van der Waals surface area contributed by atoms with Gasteiger partial charge in [0.15, 0.2) is 0 Å². The van der Waals surface area contributed by atoms with E-state index < -0.39 is 32.0 Å². The van der Waals surface area contributed by atoms with Crippen LogP contribution in [0.4, 0.5) is 17.1 Å². The number of carbonyl (C=O) groups excluding carboxylic acids is 1. The Hall–Kier alpha value is -3.28. The normalized spacial score (nSPS) is 12.5. The number of benzene rings is 3. The van der Waals surface area contributed by atoms with Crippen molar-refractivity contribution in [3.8, 4) is 5.75 Å². The molecule has 0 spiro atoms. The van der Waals surface area contributed by atoms with E-state index >= 15 is 0 Å². The molecule has 0 fully saturated rings. The SMILES string of the molecule is COc1ccc(N([C@@H](C)C(=O)Nc2ccc(S(=O)(=O)Nc3cccc(Cl)c3C)cc2)S(C)(=O)=O)cc1. The van der Waals surface area contributed by atoms with Gasteiger partial charge in [0.2, 0.25) is 15.9 Å². The number of nitrogens with one attached hydrogen (secondary N) is 2. The van der Waals surface area contributed by atoms with Crippen molar-refractivity contribution in [3.63, 3.8) is 0 Å². The first-order chi connectivity index (χ1) is 16.8. The molecule has 9 nitrogen and oxygen atoms in total. The number of carbonyl (C=O) groups is 1. The topological polar surface area (TPSA) is 122 Å². The van der Waals surface area contributed by atoms with Gasteiger partial charge in [-0.05, 0) is 80.1 Å². The van der Waals surface area contributed by atoms with Crippen LogP contribution >= 0.6 is 11.6 Å². The third-order valence-corrected chi connectivity index (χ3v) is 8.39. The van der Waals surface area contributed by atoms with Gasteiger partial charge < -0.3 is 10.1 Å². The number of rotatable bonds is 9. The van der Waals surface area contributed by atoms with E-state index in [1.54, 1.807) is 37.3 Å². The molecule has 0 heterocycles. The molecule has 0 aliphatic carbocycles. The van der Waals surface area contributed by atoms with Crippen molar-refractivity contribution in [1.29, 1.82) is 0 Å². The molecule has 3 rings (SSSR count). The van der Waals surface area contributed by atoms with Crippen molar-refractivity contribution >= 4 is 54.6 Å². The Morgan fingerprint density at radius 1 is 0.972 bits per heavy atom. The quantitative estimate of drug-likeness (QED) is 0.410. The van der Waals surface area contributed by atoms with Crippen molar-refractivity contribution in [1.82, 2.24) is 0 Å². The Bertz CT molecular complexity index is 1460. The van der Waals surface area contributed by atoms with Crippen molar-refractivity contribution < 1.29 is 26.4 Å². The minimum absolute atomic E-state index is 0.0241. The van der Waals surface area contributed by atoms with Crippen molar-refractivity contribution in [2.75, 3.05) is 27.7 Å². The fourth-order valence-corrected chi connectivity index (χ4v) is 5.90. The monoisotopic (exact) mass is 551 g/mol. The molecule has 36 heavy (non-hydrogen) atoms. The lowest BCUT2D eigenvalue weighted by Crippen LogP contribution is -2.45. The summed E-state index contributed by atoms with van der Waals surface area (Å²) in [6.07, 6.45) is 1.01. The van der Waals surface area contributed by atoms with Gasteiger partial charge in [-0.2, -0.15) is 0 Å². The number of ether oxygens (including phenoxy) is 1. The Morgan fingerprint density at radius 2 is 1.58 bits per heavy atom. The number of amides is 1. The van der Waals surface area contributed by atoms with Crippen LogP contribution in [0.1, 0.15) is 12.5 Å². The number of anilines is 3. The van der Waals surface area contributed by atoms with E-state index in [1.165, 1.54) is 50.4 Å². The summed E-state index contributed by atoms with van der Waals surface area (Å²) in [6, 6.07) is 15.6. The summed E-state index contributed by atoms with van der Waals surface area (Å²) < 4.78 is 59.1. The van der Waals surface area contributed by atoms with Gasteiger partial charge in [0.05, 0.1) is 29.6 Å². The number of halogens is 1. The van der Waals surface area contributed by atoms with Gasteiger partial charge in [-0.25, -0.2) is 16.8 Å². The lowest BCUT2D eigenvalue weighted by molar-refractivity contribution is -0.116. The van der Waals surface area contributed by atoms with Gasteiger partial charge in [0.25, 0.3) is 10.0 Å². The standard InChI is InChI=1S/C24H26ClN3O6S2/c1-16-22(25)6-5-7-23(16)27-36(32,33)21-14-8-18(9-15-21)26-24(29)17(2)28(35(4,30)31)19-10-12-20(34-3)13-11-19/h5-15,17,27H,1-4H3,(H,26,29)/t17-/m0/s1. The molecular formula is C24H26ClN3O6S2. The van der Waals surface area contributed by atoms with E-state index in [4.69, 9.17) is 16.3 Å². The maximum absolute atomic E-state index is 12.9. The Balaban J connectivity index is 1.77. The predicted molar refractivity (Wildman–Crippen MR) is 142 cm³/mol. The third-order valence-electron chi connectivity index (χ3n) is 5.36. The number of methoxy groups -OCH3 is 1. The number of hydrogen-bond acceptors (Lipinski definition) is 6. The number of hydrogen-bond donors (Lipinski definition) is 2. The van der Waals surface area contributed by atoms with Gasteiger partial charge in [0.1, 0.15) is 11.8 Å². The van der Waals surface area contributed by atoms with Gasteiger partial charge in [-0.3, -0.25) is 13.8 Å². The second kappa shape index (κ2) is 10.8. The van der Waals surface area contributed by atoms with E-state index in [9.17, 15) is 21.6 Å². The van der Waals surface area contributed by atoms with Crippen molar-refractivity contribution in [3.05, 3.63) is 77.3 Å². The Labute approximate surface area is 216 Å². The first-order valence-electron chi connectivity index (χ1n) is 10.7. The van der Waals surface area contributed by atoms with E-state index in [-0.39, 0.29) is 4.90 Å². The summed E-state index contributed by atoms with van der Waals surface area (Å²) in [6.45, 7) is 3.16. The Morgan fingerprint density at radius 3 is 2.14 bits per heavy atom. The number of sulfonamides is 2. The third kappa shape index (κ3) is 6.28. The molecule has 0 aromatic heterocycles. The van der Waals surface area contributed by atoms with Crippen molar-refractivity contribution in [2.45, 2.75) is 24.8 Å². The highest BCUT2D eigenvalue weighted by molar-refractivity contribution is 7.92. The molecule has 3 aromatic rings. The maximum Gasteiger partial charge on any atom is 0.261 e. The highest BCUT2D eigenvalue weighted by atomic mass is 35.5. The van der Waals surface area contributed by atoms with Crippen LogP contribution in [0, 0.1) is 6.92 Å². The maximum atomic E-state index is 12.9. The van der Waals surface area contributed by atoms with Crippen LogP contribution in [-0.2, 0) is 24.8 Å². The van der Waals surface area contributed by atoms with Crippen LogP contribution in [0.5, 0.6) is 5.75 Å². The van der Waals surface area contributed by atoms with Crippen LogP contribution in [0.2, 0.25) is 5.02 Å². The highest BCUT2D eigenvalue weighted by Crippen LogP contribution is 2.27. The average molecular weight is 552 g/mol. The molecule has 0 aliphatic heterocycles. The molecule has 3 aromatic carbocycles. The summed E-state index contributed by atoms with van der Waals surface area (Å²) in [5, 5.41) is 3.06. The van der Waals surface area contributed by atoms with Crippen LogP contribution in [0.3, 0.4) is 0 Å². The smallest absolute Gasteiger partial charge is 0.261 e. The first-order valence-corrected chi connectivity index (χ1v) is 14.4. The molecule has 2 N–H and O–H groups in total. The first kappa shape index (κ1) is 27.3. The van der Waals surface area contributed by atoms with Crippen LogP contribution in [0.15, 0.2) is 71.6 Å². The minimum atomic E-state index is -3.91. The van der Waals surface area contributed by atoms with Crippen LogP contribution in [-0.4, -0.2) is 42.2 Å². The lowest BCUT2D eigenvalue weighted by atomic mass is 10.2. The van der Waals surface area contributed by atoms with E-state index in [0.29, 0.717) is 33.4 Å². The zero-order valence-corrected chi connectivity index (χ0v) is 22.4. The van der Waals surface area contributed by atoms with Gasteiger partial charge in [0, 0.05) is 10.7 Å². The summed E-state index contributed by atoms with van der Waals surface area (Å²) >= 11 is 6.06. The fourth-order valence-electron chi connectivity index (χ4n) is 3.42.